The molecule has 0 saturated heterocycles. The first kappa shape index (κ1) is 30.6. The molecule has 0 unspecified atom stereocenters. The fourth-order valence-corrected chi connectivity index (χ4v) is 5.61. The van der Waals surface area contributed by atoms with Crippen molar-refractivity contribution >= 4 is 45.0 Å². The fourth-order valence-electron chi connectivity index (χ4n) is 4.02. The lowest BCUT2D eigenvalue weighted by Gasteiger charge is -2.33. The minimum atomic E-state index is -3.95. The van der Waals surface area contributed by atoms with E-state index in [1.807, 2.05) is 51.1 Å². The molecular weight excluding hydrogens is 557 g/mol. The van der Waals surface area contributed by atoms with Crippen LogP contribution < -0.4 is 5.32 Å². The molecule has 39 heavy (non-hydrogen) atoms. The average Bonchev–Trinajstić information content (AvgIpc) is 2.87. The molecule has 3 aromatic rings. The third-order valence-corrected chi connectivity index (χ3v) is 8.55. The number of nitrogens with one attached hydrogen (secondary N) is 1. The van der Waals surface area contributed by atoms with Gasteiger partial charge in [0.25, 0.3) is 0 Å². The summed E-state index contributed by atoms with van der Waals surface area (Å²) in [6.45, 7) is 5.04. The van der Waals surface area contributed by atoms with Gasteiger partial charge in [-0.3, -0.25) is 9.59 Å². The number of amides is 2. The topological polar surface area (TPSA) is 86.8 Å². The SMILES string of the molecule is Cc1ccc(S(=O)(=O)N(C)CC(=O)N(Cc2ccc(Cl)cc2Cl)[C@@H](Cc2ccccc2)C(=O)NC(C)C)cc1. The minimum absolute atomic E-state index is 0.0176. The van der Waals surface area contributed by atoms with Gasteiger partial charge in [0.05, 0.1) is 11.4 Å². The second-order valence-corrected chi connectivity index (χ2v) is 12.6. The number of carbonyl (C=O) groups excluding carboxylic acids is 2. The summed E-state index contributed by atoms with van der Waals surface area (Å²) >= 11 is 12.5. The molecule has 7 nitrogen and oxygen atoms in total. The summed E-state index contributed by atoms with van der Waals surface area (Å²) in [6, 6.07) is 19.6. The molecule has 0 saturated carbocycles. The molecule has 0 aliphatic heterocycles. The molecular formula is C29H33Cl2N3O4S. The lowest BCUT2D eigenvalue weighted by molar-refractivity contribution is -0.141. The Bertz CT molecular complexity index is 1400. The Labute approximate surface area is 240 Å². The quantitative estimate of drug-likeness (QED) is 0.337. The average molecular weight is 591 g/mol. The van der Waals surface area contributed by atoms with Gasteiger partial charge in [0.2, 0.25) is 21.8 Å². The van der Waals surface area contributed by atoms with Crippen LogP contribution in [0.2, 0.25) is 10.0 Å². The van der Waals surface area contributed by atoms with E-state index in [0.717, 1.165) is 15.4 Å². The predicted octanol–water partition coefficient (Wildman–Crippen LogP) is 5.09. The van der Waals surface area contributed by atoms with Crippen molar-refractivity contribution in [2.45, 2.75) is 50.7 Å². The normalized spacial score (nSPS) is 12.4. The number of halogens is 2. The maximum absolute atomic E-state index is 13.9. The van der Waals surface area contributed by atoms with E-state index in [1.54, 1.807) is 30.3 Å². The number of rotatable bonds is 11. The van der Waals surface area contributed by atoms with Crippen molar-refractivity contribution in [2.75, 3.05) is 13.6 Å². The Balaban J connectivity index is 2.00. The first-order chi connectivity index (χ1) is 18.4. The largest absolute Gasteiger partial charge is 0.352 e. The molecule has 3 aromatic carbocycles. The summed E-state index contributed by atoms with van der Waals surface area (Å²) in [7, 11) is -2.60. The summed E-state index contributed by atoms with van der Waals surface area (Å²) in [5.74, 6) is -0.893. The van der Waals surface area contributed by atoms with Crippen LogP contribution in [-0.2, 0) is 32.6 Å². The van der Waals surface area contributed by atoms with Crippen LogP contribution in [0.5, 0.6) is 0 Å². The van der Waals surface area contributed by atoms with Crippen molar-refractivity contribution in [3.63, 3.8) is 0 Å². The number of sulfonamides is 1. The van der Waals surface area contributed by atoms with Crippen LogP contribution in [0, 0.1) is 6.92 Å². The van der Waals surface area contributed by atoms with Gasteiger partial charge in [-0.1, -0.05) is 77.3 Å². The summed E-state index contributed by atoms with van der Waals surface area (Å²) in [6.07, 6.45) is 0.227. The second-order valence-electron chi connectivity index (χ2n) is 9.70. The van der Waals surface area contributed by atoms with Crippen molar-refractivity contribution in [3.05, 3.63) is 99.5 Å². The Kier molecular flexibility index (Phi) is 10.6. The molecule has 1 atom stereocenters. The van der Waals surface area contributed by atoms with E-state index >= 15 is 0 Å². The molecule has 10 heteroatoms. The highest BCUT2D eigenvalue weighted by atomic mass is 35.5. The van der Waals surface area contributed by atoms with E-state index in [2.05, 4.69) is 5.32 Å². The van der Waals surface area contributed by atoms with E-state index in [9.17, 15) is 18.0 Å². The summed E-state index contributed by atoms with van der Waals surface area (Å²) < 4.78 is 27.5. The highest BCUT2D eigenvalue weighted by Crippen LogP contribution is 2.25. The van der Waals surface area contributed by atoms with Crippen molar-refractivity contribution in [1.29, 1.82) is 0 Å². The number of nitrogens with zero attached hydrogens (tertiary/aromatic N) is 2. The number of hydrogen-bond donors (Lipinski definition) is 1. The van der Waals surface area contributed by atoms with Gasteiger partial charge in [0, 0.05) is 36.1 Å². The standard InChI is InChI=1S/C29H33Cl2N3O4S/c1-20(2)32-29(36)27(16-22-8-6-5-7-9-22)34(18-23-12-13-24(30)17-26(23)31)28(35)19-33(4)39(37,38)25-14-10-21(3)11-15-25/h5-15,17,20,27H,16,18-19H2,1-4H3,(H,32,36)/t27-/m0/s1. The van der Waals surface area contributed by atoms with Crippen LogP contribution >= 0.6 is 23.2 Å². The monoisotopic (exact) mass is 589 g/mol. The Hall–Kier alpha value is -2.91. The molecule has 3 rings (SSSR count). The molecule has 0 aromatic heterocycles. The van der Waals surface area contributed by atoms with E-state index in [0.29, 0.717) is 15.6 Å². The van der Waals surface area contributed by atoms with Crippen LogP contribution in [0.4, 0.5) is 0 Å². The van der Waals surface area contributed by atoms with Gasteiger partial charge in [-0.2, -0.15) is 4.31 Å². The molecule has 0 bridgehead atoms. The molecule has 0 fully saturated rings. The van der Waals surface area contributed by atoms with E-state index < -0.39 is 28.5 Å². The molecule has 0 radical (unpaired) electrons. The number of aryl methyl sites for hydroxylation is 1. The maximum Gasteiger partial charge on any atom is 0.243 e. The summed E-state index contributed by atoms with van der Waals surface area (Å²) in [4.78, 5) is 28.8. The van der Waals surface area contributed by atoms with E-state index in [-0.39, 0.29) is 29.8 Å². The molecule has 0 aliphatic carbocycles. The summed E-state index contributed by atoms with van der Waals surface area (Å²) in [5.41, 5.74) is 2.34. The van der Waals surface area contributed by atoms with E-state index in [4.69, 9.17) is 23.2 Å². The fraction of sp³-hybridized carbons (Fsp3) is 0.310. The van der Waals surface area contributed by atoms with Gasteiger partial charge >= 0.3 is 0 Å². The molecule has 1 N–H and O–H groups in total. The predicted molar refractivity (Wildman–Crippen MR) is 155 cm³/mol. The van der Waals surface area contributed by atoms with Gasteiger partial charge < -0.3 is 10.2 Å². The van der Waals surface area contributed by atoms with Gasteiger partial charge in [0.1, 0.15) is 6.04 Å². The first-order valence-corrected chi connectivity index (χ1v) is 14.7. The number of likely N-dealkylation sites (N-methyl/N-ethyl adjacent to an activating group) is 1. The molecule has 2 amide bonds. The van der Waals surface area contributed by atoms with Crippen LogP contribution in [-0.4, -0.2) is 55.1 Å². The Morgan fingerprint density at radius 1 is 0.949 bits per heavy atom. The van der Waals surface area contributed by atoms with Crippen LogP contribution in [0.1, 0.15) is 30.5 Å². The smallest absolute Gasteiger partial charge is 0.243 e. The van der Waals surface area contributed by atoms with Crippen LogP contribution in [0.3, 0.4) is 0 Å². The van der Waals surface area contributed by atoms with Crippen molar-refractivity contribution in [3.8, 4) is 0 Å². The van der Waals surface area contributed by atoms with Gasteiger partial charge in [0.15, 0.2) is 0 Å². The third kappa shape index (κ3) is 8.29. The maximum atomic E-state index is 13.9. The van der Waals surface area contributed by atoms with Gasteiger partial charge in [-0.25, -0.2) is 8.42 Å². The van der Waals surface area contributed by atoms with Crippen molar-refractivity contribution < 1.29 is 18.0 Å². The van der Waals surface area contributed by atoms with Crippen LogP contribution in [0.25, 0.3) is 0 Å². The highest BCUT2D eigenvalue weighted by Gasteiger charge is 2.33. The molecule has 0 heterocycles. The molecule has 0 aliphatic rings. The van der Waals surface area contributed by atoms with Crippen LogP contribution in [0.15, 0.2) is 77.7 Å². The second kappa shape index (κ2) is 13.4. The lowest BCUT2D eigenvalue weighted by atomic mass is 10.0. The Morgan fingerprint density at radius 2 is 1.59 bits per heavy atom. The number of carbonyl (C=O) groups is 2. The van der Waals surface area contributed by atoms with E-state index in [1.165, 1.54) is 24.1 Å². The molecule has 0 spiro atoms. The van der Waals surface area contributed by atoms with Crippen molar-refractivity contribution in [2.24, 2.45) is 0 Å². The first-order valence-electron chi connectivity index (χ1n) is 12.5. The van der Waals surface area contributed by atoms with Gasteiger partial charge in [-0.15, -0.1) is 0 Å². The zero-order valence-corrected chi connectivity index (χ0v) is 24.7. The number of hydrogen-bond acceptors (Lipinski definition) is 4. The highest BCUT2D eigenvalue weighted by molar-refractivity contribution is 7.89. The Morgan fingerprint density at radius 3 is 2.18 bits per heavy atom. The van der Waals surface area contributed by atoms with Crippen molar-refractivity contribution in [1.82, 2.24) is 14.5 Å². The zero-order chi connectivity index (χ0) is 28.7. The minimum Gasteiger partial charge on any atom is -0.352 e. The van der Waals surface area contributed by atoms with Gasteiger partial charge in [-0.05, 0) is 56.2 Å². The molecule has 208 valence electrons. The summed E-state index contributed by atoms with van der Waals surface area (Å²) in [5, 5.41) is 3.67. The number of benzene rings is 3. The third-order valence-electron chi connectivity index (χ3n) is 6.14. The zero-order valence-electron chi connectivity index (χ0n) is 22.4. The lowest BCUT2D eigenvalue weighted by Crippen LogP contribution is -2.54.